The summed E-state index contributed by atoms with van der Waals surface area (Å²) in [6.45, 7) is 3.65. The number of hydrogen-bond acceptors (Lipinski definition) is 3. The fraction of sp³-hybridized carbons (Fsp3) is 0.500. The van der Waals surface area contributed by atoms with Crippen molar-refractivity contribution in [2.24, 2.45) is 0 Å². The van der Waals surface area contributed by atoms with Gasteiger partial charge in [0.2, 0.25) is 5.91 Å². The van der Waals surface area contributed by atoms with Gasteiger partial charge in [-0.3, -0.25) is 4.79 Å². The average Bonchev–Trinajstić information content (AvgIpc) is 2.35. The van der Waals surface area contributed by atoms with Gasteiger partial charge < -0.3 is 15.4 Å². The highest BCUT2D eigenvalue weighted by Crippen LogP contribution is 2.24. The summed E-state index contributed by atoms with van der Waals surface area (Å²) in [6, 6.07) is 6.12. The molecule has 0 heterocycles. The molecule has 0 saturated carbocycles. The number of amides is 1. The molecule has 0 fully saturated rings. The third-order valence-corrected chi connectivity index (χ3v) is 2.97. The monoisotopic (exact) mass is 250 g/mol. The third kappa shape index (κ3) is 4.04. The molecule has 0 radical (unpaired) electrons. The highest BCUT2D eigenvalue weighted by Gasteiger charge is 2.10. The number of likely N-dealkylation sites (N-methyl/N-ethyl adjacent to an activating group) is 1. The average molecular weight is 250 g/mol. The Kier molecular flexibility index (Phi) is 5.65. The van der Waals surface area contributed by atoms with Gasteiger partial charge in [-0.2, -0.15) is 0 Å². The van der Waals surface area contributed by atoms with Crippen LogP contribution in [0.3, 0.4) is 0 Å². The van der Waals surface area contributed by atoms with Crippen LogP contribution < -0.4 is 15.4 Å². The van der Waals surface area contributed by atoms with Crippen molar-refractivity contribution in [2.45, 2.75) is 32.7 Å². The van der Waals surface area contributed by atoms with Gasteiger partial charge in [-0.25, -0.2) is 0 Å². The fourth-order valence-corrected chi connectivity index (χ4v) is 1.94. The molecule has 100 valence electrons. The number of anilines is 1. The Labute approximate surface area is 109 Å². The van der Waals surface area contributed by atoms with Gasteiger partial charge in [-0.05, 0) is 43.7 Å². The summed E-state index contributed by atoms with van der Waals surface area (Å²) in [6.07, 6.45) is 1.92. The molecule has 1 aromatic rings. The molecule has 0 aromatic heterocycles. The molecular weight excluding hydrogens is 228 g/mol. The molecule has 2 N–H and O–H groups in total. The Morgan fingerprint density at radius 2 is 2.17 bits per heavy atom. The molecule has 1 aromatic carbocycles. The number of ether oxygens (including phenoxy) is 1. The quantitative estimate of drug-likeness (QED) is 0.813. The zero-order valence-electron chi connectivity index (χ0n) is 11.5. The van der Waals surface area contributed by atoms with Gasteiger partial charge in [0.25, 0.3) is 0 Å². The highest BCUT2D eigenvalue weighted by molar-refractivity contribution is 5.88. The normalized spacial score (nSPS) is 12.0. The van der Waals surface area contributed by atoms with Crippen LogP contribution in [0.2, 0.25) is 0 Å². The SMILES string of the molecule is CCC(Cc1cc(NC(C)=O)ccc1OC)NC. The van der Waals surface area contributed by atoms with Crippen molar-refractivity contribution < 1.29 is 9.53 Å². The molecule has 0 aliphatic rings. The number of carbonyl (C=O) groups is 1. The molecule has 0 saturated heterocycles. The van der Waals surface area contributed by atoms with Crippen LogP contribution in [0, 0.1) is 0 Å². The van der Waals surface area contributed by atoms with Crippen molar-refractivity contribution in [3.05, 3.63) is 23.8 Å². The van der Waals surface area contributed by atoms with Crippen molar-refractivity contribution in [1.29, 1.82) is 0 Å². The number of carbonyl (C=O) groups excluding carboxylic acids is 1. The molecule has 18 heavy (non-hydrogen) atoms. The summed E-state index contributed by atoms with van der Waals surface area (Å²) in [5.74, 6) is 0.796. The first-order valence-electron chi connectivity index (χ1n) is 6.22. The molecule has 4 nitrogen and oxygen atoms in total. The highest BCUT2D eigenvalue weighted by atomic mass is 16.5. The molecule has 4 heteroatoms. The molecule has 0 aliphatic heterocycles. The first-order chi connectivity index (χ1) is 8.60. The van der Waals surface area contributed by atoms with Gasteiger partial charge in [0.15, 0.2) is 0 Å². The molecule has 0 bridgehead atoms. The van der Waals surface area contributed by atoms with Gasteiger partial charge in [-0.1, -0.05) is 6.92 Å². The van der Waals surface area contributed by atoms with E-state index in [0.29, 0.717) is 6.04 Å². The minimum atomic E-state index is -0.0632. The standard InChI is InChI=1S/C14H22N2O2/c1-5-12(15-3)8-11-9-13(16-10(2)17)6-7-14(11)18-4/h6-7,9,12,15H,5,8H2,1-4H3,(H,16,17). The van der Waals surface area contributed by atoms with Crippen molar-refractivity contribution in [2.75, 3.05) is 19.5 Å². The second kappa shape index (κ2) is 7.01. The summed E-state index contributed by atoms with van der Waals surface area (Å²) in [4.78, 5) is 11.1. The second-order valence-electron chi connectivity index (χ2n) is 4.31. The predicted molar refractivity (Wildman–Crippen MR) is 74.1 cm³/mol. The topological polar surface area (TPSA) is 50.4 Å². The Balaban J connectivity index is 2.94. The Hall–Kier alpha value is -1.55. The number of benzene rings is 1. The van der Waals surface area contributed by atoms with Gasteiger partial charge in [-0.15, -0.1) is 0 Å². The van der Waals surface area contributed by atoms with Gasteiger partial charge >= 0.3 is 0 Å². The van der Waals surface area contributed by atoms with E-state index in [9.17, 15) is 4.79 Å². The van der Waals surface area contributed by atoms with E-state index in [1.165, 1.54) is 6.92 Å². The second-order valence-corrected chi connectivity index (χ2v) is 4.31. The minimum Gasteiger partial charge on any atom is -0.496 e. The predicted octanol–water partition coefficient (Wildman–Crippen LogP) is 2.19. The lowest BCUT2D eigenvalue weighted by molar-refractivity contribution is -0.114. The van der Waals surface area contributed by atoms with Crippen LogP contribution in [0.5, 0.6) is 5.75 Å². The van der Waals surface area contributed by atoms with E-state index in [0.717, 1.165) is 29.8 Å². The summed E-state index contributed by atoms with van der Waals surface area (Å²) < 4.78 is 5.35. The molecule has 0 spiro atoms. The third-order valence-electron chi connectivity index (χ3n) is 2.97. The van der Waals surface area contributed by atoms with E-state index in [1.807, 2.05) is 25.2 Å². The summed E-state index contributed by atoms with van der Waals surface area (Å²) >= 11 is 0. The number of hydrogen-bond donors (Lipinski definition) is 2. The lowest BCUT2D eigenvalue weighted by atomic mass is 10.0. The molecule has 1 rings (SSSR count). The van der Waals surface area contributed by atoms with Crippen LogP contribution in [0.4, 0.5) is 5.69 Å². The lowest BCUT2D eigenvalue weighted by Gasteiger charge is -2.17. The van der Waals surface area contributed by atoms with E-state index in [-0.39, 0.29) is 5.91 Å². The fourth-order valence-electron chi connectivity index (χ4n) is 1.94. The number of rotatable bonds is 6. The van der Waals surface area contributed by atoms with Crippen molar-refractivity contribution in [3.63, 3.8) is 0 Å². The van der Waals surface area contributed by atoms with Gasteiger partial charge in [0, 0.05) is 18.7 Å². The van der Waals surface area contributed by atoms with E-state index in [1.54, 1.807) is 7.11 Å². The summed E-state index contributed by atoms with van der Waals surface area (Å²) in [5, 5.41) is 6.06. The van der Waals surface area contributed by atoms with Gasteiger partial charge in [0.1, 0.15) is 5.75 Å². The Morgan fingerprint density at radius 1 is 1.44 bits per heavy atom. The van der Waals surface area contributed by atoms with Crippen LogP contribution in [-0.4, -0.2) is 26.1 Å². The molecule has 1 atom stereocenters. The zero-order valence-corrected chi connectivity index (χ0v) is 11.5. The molecule has 1 amide bonds. The number of methoxy groups -OCH3 is 1. The van der Waals surface area contributed by atoms with Crippen molar-refractivity contribution in [3.8, 4) is 5.75 Å². The summed E-state index contributed by atoms with van der Waals surface area (Å²) in [5.41, 5.74) is 1.91. The maximum atomic E-state index is 11.1. The van der Waals surface area contributed by atoms with E-state index >= 15 is 0 Å². The zero-order chi connectivity index (χ0) is 13.5. The smallest absolute Gasteiger partial charge is 0.221 e. The largest absolute Gasteiger partial charge is 0.496 e. The van der Waals surface area contributed by atoms with E-state index in [2.05, 4.69) is 17.6 Å². The number of nitrogens with one attached hydrogen (secondary N) is 2. The van der Waals surface area contributed by atoms with Crippen LogP contribution in [0.25, 0.3) is 0 Å². The maximum absolute atomic E-state index is 11.1. The Bertz CT molecular complexity index is 401. The van der Waals surface area contributed by atoms with Crippen LogP contribution >= 0.6 is 0 Å². The molecule has 0 aliphatic carbocycles. The lowest BCUT2D eigenvalue weighted by Crippen LogP contribution is -2.26. The first-order valence-corrected chi connectivity index (χ1v) is 6.22. The Morgan fingerprint density at radius 3 is 2.67 bits per heavy atom. The summed E-state index contributed by atoms with van der Waals surface area (Å²) in [7, 11) is 3.62. The van der Waals surface area contributed by atoms with Crippen LogP contribution in [0.1, 0.15) is 25.8 Å². The molecular formula is C14H22N2O2. The first kappa shape index (κ1) is 14.5. The van der Waals surface area contributed by atoms with E-state index in [4.69, 9.17) is 4.74 Å². The molecule has 1 unspecified atom stereocenters. The van der Waals surface area contributed by atoms with Gasteiger partial charge in [0.05, 0.1) is 7.11 Å². The maximum Gasteiger partial charge on any atom is 0.221 e. The van der Waals surface area contributed by atoms with Crippen molar-refractivity contribution in [1.82, 2.24) is 5.32 Å². The minimum absolute atomic E-state index is 0.0632. The van der Waals surface area contributed by atoms with Crippen LogP contribution in [-0.2, 0) is 11.2 Å². The van der Waals surface area contributed by atoms with Crippen LogP contribution in [0.15, 0.2) is 18.2 Å². The van der Waals surface area contributed by atoms with Crippen molar-refractivity contribution >= 4 is 11.6 Å². The van der Waals surface area contributed by atoms with E-state index < -0.39 is 0 Å².